The molecule has 3 aliphatic carbocycles. The number of amides is 2. The molecule has 8 heteroatoms. The molecule has 2 bridgehead atoms. The van der Waals surface area contributed by atoms with E-state index >= 15 is 0 Å². The lowest BCUT2D eigenvalue weighted by atomic mass is 9.34. The van der Waals surface area contributed by atoms with E-state index in [9.17, 15) is 14.0 Å². The number of nitrogens with zero attached hydrogens (tertiary/aromatic N) is 1. The molecular formula is C20H20FN3O4. The lowest BCUT2D eigenvalue weighted by Crippen LogP contribution is -2.82. The van der Waals surface area contributed by atoms with Gasteiger partial charge in [0.2, 0.25) is 17.7 Å². The highest BCUT2D eigenvalue weighted by Gasteiger charge is 2.81. The van der Waals surface area contributed by atoms with Crippen LogP contribution in [0.25, 0.3) is 0 Å². The summed E-state index contributed by atoms with van der Waals surface area (Å²) in [6.07, 6.45) is 2.05. The van der Waals surface area contributed by atoms with E-state index in [0.29, 0.717) is 24.3 Å². The summed E-state index contributed by atoms with van der Waals surface area (Å²) in [6.45, 7) is 1.82. The van der Waals surface area contributed by atoms with E-state index in [4.69, 9.17) is 15.2 Å². The largest absolute Gasteiger partial charge is 0.439 e. The molecule has 1 atom stereocenters. The van der Waals surface area contributed by atoms with Crippen molar-refractivity contribution in [2.24, 2.45) is 17.1 Å². The molecule has 0 aliphatic heterocycles. The van der Waals surface area contributed by atoms with Gasteiger partial charge in [-0.25, -0.2) is 9.37 Å². The Hall–Kier alpha value is -3.00. The molecular weight excluding hydrogens is 365 g/mol. The highest BCUT2D eigenvalue weighted by molar-refractivity contribution is 6.02. The number of ether oxygens (including phenoxy) is 2. The first-order valence-corrected chi connectivity index (χ1v) is 8.86. The van der Waals surface area contributed by atoms with Crippen molar-refractivity contribution in [3.05, 3.63) is 47.9 Å². The second-order valence-electron chi connectivity index (χ2n) is 7.46. The number of anilines is 1. The zero-order valence-electron chi connectivity index (χ0n) is 15.5. The minimum atomic E-state index is -0.799. The fourth-order valence-electron chi connectivity index (χ4n) is 4.33. The Bertz CT molecular complexity index is 954. The van der Waals surface area contributed by atoms with E-state index in [1.165, 1.54) is 12.1 Å². The monoisotopic (exact) mass is 385 g/mol. The van der Waals surface area contributed by atoms with Crippen molar-refractivity contribution in [2.75, 3.05) is 12.4 Å². The summed E-state index contributed by atoms with van der Waals surface area (Å²) in [6, 6.07) is 7.81. The summed E-state index contributed by atoms with van der Waals surface area (Å²) < 4.78 is 24.1. The smallest absolute Gasteiger partial charge is 0.231 e. The third-order valence-corrected chi connectivity index (χ3v) is 5.82. The number of halogens is 1. The fourth-order valence-corrected chi connectivity index (χ4v) is 4.33. The first-order chi connectivity index (χ1) is 13.3. The summed E-state index contributed by atoms with van der Waals surface area (Å²) in [7, 11) is 1.55. The Kier molecular flexibility index (Phi) is 4.11. The van der Waals surface area contributed by atoms with Gasteiger partial charge in [-0.05, 0) is 49.6 Å². The molecule has 3 saturated carbocycles. The third kappa shape index (κ3) is 2.63. The molecule has 0 spiro atoms. The lowest BCUT2D eigenvalue weighted by Gasteiger charge is -2.72. The summed E-state index contributed by atoms with van der Waals surface area (Å²) in [5, 5.41) is 2.84. The number of carbonyl (C=O) groups is 2. The van der Waals surface area contributed by atoms with Crippen LogP contribution in [0.3, 0.4) is 0 Å². The van der Waals surface area contributed by atoms with Crippen LogP contribution in [0.1, 0.15) is 18.4 Å². The molecule has 1 heterocycles. The Morgan fingerprint density at radius 3 is 2.61 bits per heavy atom. The van der Waals surface area contributed by atoms with E-state index in [2.05, 4.69) is 10.3 Å². The van der Waals surface area contributed by atoms with Crippen molar-refractivity contribution < 1.29 is 23.5 Å². The molecule has 28 heavy (non-hydrogen) atoms. The Labute approximate surface area is 161 Å². The number of primary amides is 1. The quantitative estimate of drug-likeness (QED) is 0.795. The Morgan fingerprint density at radius 2 is 2.04 bits per heavy atom. The second kappa shape index (κ2) is 6.27. The molecule has 3 fully saturated rings. The van der Waals surface area contributed by atoms with Crippen LogP contribution < -0.4 is 15.8 Å². The number of rotatable bonds is 6. The number of hydrogen-bond acceptors (Lipinski definition) is 5. The standard InChI is InChI=1S/C20H20FN3O4/c1-11-7-13(4-5-14(11)28-15-6-3-12(21)8-23-15)24-17(25)16-19(18(22)26)9-20(16,10-19)27-2/h3-8,16H,9-10H2,1-2H3,(H2,22,26)(H,24,25). The number of nitrogens with two attached hydrogens (primary N) is 1. The predicted molar refractivity (Wildman–Crippen MR) is 98.2 cm³/mol. The minimum absolute atomic E-state index is 0.265. The van der Waals surface area contributed by atoms with Gasteiger partial charge in [-0.3, -0.25) is 9.59 Å². The van der Waals surface area contributed by atoms with Crippen molar-refractivity contribution in [1.29, 1.82) is 0 Å². The van der Waals surface area contributed by atoms with E-state index in [1.54, 1.807) is 25.3 Å². The summed E-state index contributed by atoms with van der Waals surface area (Å²) in [5.74, 6) is -0.975. The number of aromatic nitrogens is 1. The van der Waals surface area contributed by atoms with Gasteiger partial charge in [0.25, 0.3) is 0 Å². The van der Waals surface area contributed by atoms with Crippen LogP contribution in [0.5, 0.6) is 11.6 Å². The number of benzene rings is 1. The van der Waals surface area contributed by atoms with Crippen molar-refractivity contribution in [1.82, 2.24) is 4.98 Å². The molecule has 1 aromatic carbocycles. The maximum absolute atomic E-state index is 12.9. The van der Waals surface area contributed by atoms with Crippen LogP contribution in [0.15, 0.2) is 36.5 Å². The Morgan fingerprint density at radius 1 is 1.29 bits per heavy atom. The minimum Gasteiger partial charge on any atom is -0.439 e. The van der Waals surface area contributed by atoms with Gasteiger partial charge in [-0.15, -0.1) is 0 Å². The number of aryl methyl sites for hydroxylation is 1. The van der Waals surface area contributed by atoms with Gasteiger partial charge in [0.15, 0.2) is 0 Å². The molecule has 1 unspecified atom stereocenters. The van der Waals surface area contributed by atoms with Crippen LogP contribution in [-0.2, 0) is 14.3 Å². The number of nitrogens with one attached hydrogen (secondary N) is 1. The van der Waals surface area contributed by atoms with Crippen molar-refractivity contribution in [3.8, 4) is 11.6 Å². The van der Waals surface area contributed by atoms with Crippen LogP contribution in [0.4, 0.5) is 10.1 Å². The van der Waals surface area contributed by atoms with Crippen molar-refractivity contribution >= 4 is 17.5 Å². The van der Waals surface area contributed by atoms with Gasteiger partial charge in [-0.1, -0.05) is 0 Å². The summed E-state index contributed by atoms with van der Waals surface area (Å²) in [4.78, 5) is 28.4. The lowest BCUT2D eigenvalue weighted by molar-refractivity contribution is -0.301. The molecule has 2 aromatic rings. The summed E-state index contributed by atoms with van der Waals surface area (Å²) >= 11 is 0. The highest BCUT2D eigenvalue weighted by atomic mass is 19.1. The van der Waals surface area contributed by atoms with E-state index in [1.807, 2.05) is 6.92 Å². The van der Waals surface area contributed by atoms with E-state index in [-0.39, 0.29) is 11.8 Å². The van der Waals surface area contributed by atoms with Gasteiger partial charge in [0.1, 0.15) is 11.6 Å². The van der Waals surface area contributed by atoms with E-state index in [0.717, 1.165) is 11.8 Å². The maximum Gasteiger partial charge on any atom is 0.231 e. The average molecular weight is 385 g/mol. The third-order valence-electron chi connectivity index (χ3n) is 5.82. The van der Waals surface area contributed by atoms with Crippen LogP contribution >= 0.6 is 0 Å². The van der Waals surface area contributed by atoms with Gasteiger partial charge in [0, 0.05) is 18.9 Å². The molecule has 2 amide bonds. The predicted octanol–water partition coefficient (Wildman–Crippen LogP) is 2.54. The fraction of sp³-hybridized carbons (Fsp3) is 0.350. The number of carbonyl (C=O) groups excluding carboxylic acids is 2. The number of methoxy groups -OCH3 is 1. The molecule has 7 nitrogen and oxygen atoms in total. The topological polar surface area (TPSA) is 104 Å². The second-order valence-corrected chi connectivity index (χ2v) is 7.46. The molecule has 3 aliphatic rings. The molecule has 5 rings (SSSR count). The Balaban J connectivity index is 1.47. The molecule has 1 aromatic heterocycles. The van der Waals surface area contributed by atoms with Crippen molar-refractivity contribution in [2.45, 2.75) is 25.4 Å². The first-order valence-electron chi connectivity index (χ1n) is 8.86. The first kappa shape index (κ1) is 18.4. The molecule has 0 saturated heterocycles. The zero-order valence-corrected chi connectivity index (χ0v) is 15.5. The number of pyridine rings is 1. The number of hydrogen-bond donors (Lipinski definition) is 2. The SMILES string of the molecule is COC12CC(C(N)=O)(C1)C2C(=O)Nc1ccc(Oc2ccc(F)cn2)c(C)c1. The normalized spacial score (nSPS) is 27.3. The van der Waals surface area contributed by atoms with Crippen molar-refractivity contribution in [3.63, 3.8) is 0 Å². The summed E-state index contributed by atoms with van der Waals surface area (Å²) in [5.41, 5.74) is 5.45. The highest BCUT2D eigenvalue weighted by Crippen LogP contribution is 2.73. The average Bonchev–Trinajstić information content (AvgIpc) is 2.57. The van der Waals surface area contributed by atoms with E-state index < -0.39 is 28.7 Å². The van der Waals surface area contributed by atoms with Crippen LogP contribution in [-0.4, -0.2) is 29.5 Å². The molecule has 146 valence electrons. The van der Waals surface area contributed by atoms with Gasteiger partial charge >= 0.3 is 0 Å². The van der Waals surface area contributed by atoms with Crippen LogP contribution in [0.2, 0.25) is 0 Å². The zero-order chi connectivity index (χ0) is 20.1. The maximum atomic E-state index is 12.9. The van der Waals surface area contributed by atoms with Gasteiger partial charge in [-0.2, -0.15) is 0 Å². The van der Waals surface area contributed by atoms with Crippen LogP contribution in [0, 0.1) is 24.1 Å². The molecule has 0 radical (unpaired) electrons. The van der Waals surface area contributed by atoms with Gasteiger partial charge < -0.3 is 20.5 Å². The van der Waals surface area contributed by atoms with Gasteiger partial charge in [0.05, 0.1) is 23.1 Å². The molecule has 3 N–H and O–H groups in total.